The number of aromatic nitrogens is 1. The first-order valence-corrected chi connectivity index (χ1v) is 12.3. The van der Waals surface area contributed by atoms with Crippen LogP contribution in [0.1, 0.15) is 47.3 Å². The fourth-order valence-corrected chi connectivity index (χ4v) is 6.24. The van der Waals surface area contributed by atoms with Crippen LogP contribution in [0.15, 0.2) is 48.7 Å². The number of hydrogen-bond donors (Lipinski definition) is 3. The number of nitrogens with one attached hydrogen (secondary N) is 2. The summed E-state index contributed by atoms with van der Waals surface area (Å²) in [7, 11) is 0. The van der Waals surface area contributed by atoms with E-state index in [0.29, 0.717) is 24.9 Å². The molecular formula is C26H29F3N4O3. The van der Waals surface area contributed by atoms with Gasteiger partial charge in [0.05, 0.1) is 17.8 Å². The average Bonchev–Trinajstić information content (AvgIpc) is 3.57. The van der Waals surface area contributed by atoms with E-state index in [4.69, 9.17) is 0 Å². The van der Waals surface area contributed by atoms with Gasteiger partial charge in [0.1, 0.15) is 5.60 Å². The molecule has 2 aliphatic carbocycles. The van der Waals surface area contributed by atoms with E-state index in [1.54, 1.807) is 6.20 Å². The molecule has 0 radical (unpaired) electrons. The maximum absolute atomic E-state index is 12.9. The molecular weight excluding hydrogens is 473 g/mol. The number of amides is 2. The van der Waals surface area contributed by atoms with E-state index in [9.17, 15) is 27.9 Å². The van der Waals surface area contributed by atoms with Crippen molar-refractivity contribution in [1.82, 2.24) is 20.5 Å². The summed E-state index contributed by atoms with van der Waals surface area (Å²) >= 11 is 0. The highest BCUT2D eigenvalue weighted by molar-refractivity contribution is 5.96. The van der Waals surface area contributed by atoms with Crippen LogP contribution in [0.3, 0.4) is 0 Å². The second kappa shape index (κ2) is 9.48. The molecule has 1 aromatic carbocycles. The van der Waals surface area contributed by atoms with Crippen LogP contribution in [-0.2, 0) is 16.6 Å². The summed E-state index contributed by atoms with van der Waals surface area (Å²) in [6, 6.07) is 10.1. The molecule has 3 N–H and O–H groups in total. The quantitative estimate of drug-likeness (QED) is 0.565. The fraction of sp³-hybridized carbons (Fsp3) is 0.500. The lowest BCUT2D eigenvalue weighted by atomic mass is 9.79. The Balaban J connectivity index is 1.09. The smallest absolute Gasteiger partial charge is 0.383 e. The molecule has 2 heterocycles. The summed E-state index contributed by atoms with van der Waals surface area (Å²) in [5.41, 5.74) is -1.18. The zero-order chi connectivity index (χ0) is 25.5. The first-order chi connectivity index (χ1) is 17.1. The van der Waals surface area contributed by atoms with Crippen molar-refractivity contribution >= 4 is 11.8 Å². The second-order valence-electron chi connectivity index (χ2n) is 10.1. The van der Waals surface area contributed by atoms with E-state index in [-0.39, 0.29) is 30.0 Å². The largest absolute Gasteiger partial charge is 0.416 e. The molecule has 0 spiro atoms. The Morgan fingerprint density at radius 1 is 1.17 bits per heavy atom. The fourth-order valence-electron chi connectivity index (χ4n) is 6.24. The summed E-state index contributed by atoms with van der Waals surface area (Å²) in [6.07, 6.45) is 0.503. The Bertz CT molecular complexity index is 1130. The van der Waals surface area contributed by atoms with Crippen molar-refractivity contribution in [1.29, 1.82) is 0 Å². The van der Waals surface area contributed by atoms with Crippen molar-refractivity contribution in [3.63, 3.8) is 0 Å². The van der Waals surface area contributed by atoms with Gasteiger partial charge in [0, 0.05) is 36.9 Å². The normalized spacial score (nSPS) is 29.9. The van der Waals surface area contributed by atoms with Crippen LogP contribution in [0.25, 0.3) is 0 Å². The Hall–Kier alpha value is -2.98. The molecule has 2 aromatic rings. The van der Waals surface area contributed by atoms with Gasteiger partial charge in [-0.2, -0.15) is 13.2 Å². The van der Waals surface area contributed by atoms with Crippen LogP contribution in [0.2, 0.25) is 0 Å². The molecule has 3 aliphatic rings. The van der Waals surface area contributed by atoms with E-state index < -0.39 is 23.2 Å². The van der Waals surface area contributed by atoms with Crippen LogP contribution in [0, 0.1) is 11.8 Å². The lowest BCUT2D eigenvalue weighted by molar-refractivity contribution is -0.137. The summed E-state index contributed by atoms with van der Waals surface area (Å²) in [5, 5.41) is 16.6. The van der Waals surface area contributed by atoms with Crippen molar-refractivity contribution in [3.05, 3.63) is 65.5 Å². The molecule has 2 saturated carbocycles. The molecule has 1 saturated heterocycles. The number of nitrogens with zero attached hydrogens (tertiary/aromatic N) is 2. The third kappa shape index (κ3) is 4.84. The van der Waals surface area contributed by atoms with Crippen LogP contribution in [0.5, 0.6) is 0 Å². The first kappa shape index (κ1) is 24.7. The zero-order valence-corrected chi connectivity index (χ0v) is 19.7. The highest BCUT2D eigenvalue weighted by Gasteiger charge is 2.57. The third-order valence-corrected chi connectivity index (χ3v) is 7.93. The molecule has 36 heavy (non-hydrogen) atoms. The molecule has 1 aromatic heterocycles. The highest BCUT2D eigenvalue weighted by Crippen LogP contribution is 2.56. The van der Waals surface area contributed by atoms with Gasteiger partial charge in [0.25, 0.3) is 5.91 Å². The summed E-state index contributed by atoms with van der Waals surface area (Å²) in [6.45, 7) is 1.23. The first-order valence-electron chi connectivity index (χ1n) is 12.3. The van der Waals surface area contributed by atoms with Crippen LogP contribution in [0.4, 0.5) is 13.2 Å². The number of likely N-dealkylation sites (tertiary alicyclic amines) is 1. The Morgan fingerprint density at radius 2 is 2.00 bits per heavy atom. The van der Waals surface area contributed by atoms with Crippen molar-refractivity contribution in [2.24, 2.45) is 11.8 Å². The zero-order valence-electron chi connectivity index (χ0n) is 19.7. The molecule has 192 valence electrons. The number of carbonyl (C=O) groups is 2. The lowest BCUT2D eigenvalue weighted by Crippen LogP contribution is -2.46. The molecule has 5 atom stereocenters. The standard InChI is InChI=1S/C26H29F3N4O3/c27-26(28,29)18-5-3-4-16(10-18)24(35)31-14-23(34)32-20-7-9-33(15-20)21-12-19-11-17(21)13-25(19,36)22-6-1-2-8-30-22/h1-6,8,10,17,19-21,36H,7,9,11-15H2,(H,31,35)(H,32,34)/t17-,19?,20-,21?,25?/m1/s1. The minimum atomic E-state index is -4.54. The van der Waals surface area contributed by atoms with Gasteiger partial charge in [0.15, 0.2) is 0 Å². The Labute approximate surface area is 207 Å². The Kier molecular flexibility index (Phi) is 6.50. The number of hydrogen-bond acceptors (Lipinski definition) is 5. The SMILES string of the molecule is O=C(CNC(=O)c1cccc(C(F)(F)F)c1)N[C@@H]1CCN(C2CC3C[C@@H]2CC3(O)c2ccccn2)C1. The predicted molar refractivity (Wildman–Crippen MR) is 125 cm³/mol. The van der Waals surface area contributed by atoms with E-state index in [2.05, 4.69) is 20.5 Å². The number of pyridine rings is 1. The van der Waals surface area contributed by atoms with E-state index >= 15 is 0 Å². The number of fused-ring (bicyclic) bond motifs is 2. The van der Waals surface area contributed by atoms with Crippen molar-refractivity contribution < 1.29 is 27.9 Å². The van der Waals surface area contributed by atoms with Crippen molar-refractivity contribution in [2.75, 3.05) is 19.6 Å². The van der Waals surface area contributed by atoms with Gasteiger partial charge in [-0.25, -0.2) is 0 Å². The van der Waals surface area contributed by atoms with Gasteiger partial charge >= 0.3 is 6.18 Å². The number of halogens is 3. The van der Waals surface area contributed by atoms with Gasteiger partial charge in [-0.1, -0.05) is 12.1 Å². The molecule has 1 aliphatic heterocycles. The van der Waals surface area contributed by atoms with Gasteiger partial charge in [-0.3, -0.25) is 19.5 Å². The minimum absolute atomic E-state index is 0.0586. The second-order valence-corrected chi connectivity index (χ2v) is 10.1. The summed E-state index contributed by atoms with van der Waals surface area (Å²) in [5.74, 6) is -0.559. The van der Waals surface area contributed by atoms with Crippen molar-refractivity contribution in [2.45, 2.75) is 49.5 Å². The molecule has 2 bridgehead atoms. The van der Waals surface area contributed by atoms with Gasteiger partial charge in [0.2, 0.25) is 5.91 Å². The van der Waals surface area contributed by atoms with E-state index in [1.165, 1.54) is 6.07 Å². The molecule has 3 fully saturated rings. The predicted octanol–water partition coefficient (Wildman–Crippen LogP) is 2.71. The summed E-state index contributed by atoms with van der Waals surface area (Å²) < 4.78 is 38.6. The summed E-state index contributed by atoms with van der Waals surface area (Å²) in [4.78, 5) is 31.4. The maximum atomic E-state index is 12.9. The Morgan fingerprint density at radius 3 is 2.69 bits per heavy atom. The lowest BCUT2D eigenvalue weighted by Gasteiger charge is -2.39. The van der Waals surface area contributed by atoms with Crippen molar-refractivity contribution in [3.8, 4) is 0 Å². The monoisotopic (exact) mass is 502 g/mol. The number of aliphatic hydroxyl groups is 1. The van der Waals surface area contributed by atoms with Gasteiger partial charge in [-0.05, 0) is 67.9 Å². The number of benzene rings is 1. The molecule has 10 heteroatoms. The van der Waals surface area contributed by atoms with E-state index in [0.717, 1.165) is 49.7 Å². The average molecular weight is 503 g/mol. The minimum Gasteiger partial charge on any atom is -0.383 e. The number of carbonyl (C=O) groups excluding carboxylic acids is 2. The molecule has 3 unspecified atom stereocenters. The van der Waals surface area contributed by atoms with Crippen LogP contribution < -0.4 is 10.6 Å². The highest BCUT2D eigenvalue weighted by atomic mass is 19.4. The van der Waals surface area contributed by atoms with Gasteiger partial charge < -0.3 is 15.7 Å². The topological polar surface area (TPSA) is 94.6 Å². The van der Waals surface area contributed by atoms with Gasteiger partial charge in [-0.15, -0.1) is 0 Å². The van der Waals surface area contributed by atoms with E-state index in [1.807, 2.05) is 18.2 Å². The van der Waals surface area contributed by atoms with Crippen LogP contribution >= 0.6 is 0 Å². The molecule has 5 rings (SSSR count). The molecule has 7 nitrogen and oxygen atoms in total. The van der Waals surface area contributed by atoms with Crippen LogP contribution in [-0.4, -0.2) is 58.5 Å². The maximum Gasteiger partial charge on any atom is 0.416 e. The number of alkyl halides is 3. The number of rotatable bonds is 6. The third-order valence-electron chi connectivity index (χ3n) is 7.93. The molecule has 2 amide bonds.